The number of nitrogens with two attached hydrogens (primary N) is 1. The van der Waals surface area contributed by atoms with Crippen molar-refractivity contribution in [1.82, 2.24) is 5.32 Å². The number of rotatable bonds is 4. The van der Waals surface area contributed by atoms with Gasteiger partial charge in [0.25, 0.3) is 0 Å². The Morgan fingerprint density at radius 1 is 1.38 bits per heavy atom. The fraction of sp³-hybridized carbons (Fsp3) is 0.273. The molecule has 5 nitrogen and oxygen atoms in total. The molecule has 86 valence electrons. The lowest BCUT2D eigenvalue weighted by Crippen LogP contribution is -2.37. The molecule has 0 spiro atoms. The van der Waals surface area contributed by atoms with Crippen LogP contribution in [0.5, 0.6) is 5.75 Å². The molecule has 5 heteroatoms. The summed E-state index contributed by atoms with van der Waals surface area (Å²) in [5.41, 5.74) is 4.99. The summed E-state index contributed by atoms with van der Waals surface area (Å²) in [5, 5.41) is 2.50. The average Bonchev–Trinajstić information content (AvgIpc) is 2.17. The van der Waals surface area contributed by atoms with Gasteiger partial charge in [-0.25, -0.2) is 4.79 Å². The maximum atomic E-state index is 11.3. The van der Waals surface area contributed by atoms with Gasteiger partial charge in [0.1, 0.15) is 5.75 Å². The number of carbonyl (C=O) groups excluding carboxylic acids is 2. The number of para-hydroxylation sites is 1. The van der Waals surface area contributed by atoms with Crippen molar-refractivity contribution < 1.29 is 14.3 Å². The van der Waals surface area contributed by atoms with E-state index in [1.54, 1.807) is 31.2 Å². The summed E-state index contributed by atoms with van der Waals surface area (Å²) in [5.74, 6) is -0.0150. The molecule has 1 aromatic carbocycles. The molecule has 3 N–H and O–H groups in total. The summed E-state index contributed by atoms with van der Waals surface area (Å²) < 4.78 is 4.96. The highest BCUT2D eigenvalue weighted by molar-refractivity contribution is 5.76. The standard InChI is InChI=1S/C11H14N2O3/c1-8(7-10(12)14)13-11(15)16-9-5-3-2-4-6-9/h2-6,8H,7H2,1H3,(H2,12,14)(H,13,15). The zero-order valence-corrected chi connectivity index (χ0v) is 8.97. The van der Waals surface area contributed by atoms with Crippen LogP contribution in [0, 0.1) is 0 Å². The molecule has 0 saturated carbocycles. The Morgan fingerprint density at radius 2 is 2.00 bits per heavy atom. The Labute approximate surface area is 93.6 Å². The van der Waals surface area contributed by atoms with Crippen LogP contribution in [-0.2, 0) is 4.79 Å². The van der Waals surface area contributed by atoms with E-state index in [9.17, 15) is 9.59 Å². The second-order valence-corrected chi connectivity index (χ2v) is 3.42. The molecule has 1 atom stereocenters. The van der Waals surface area contributed by atoms with Gasteiger partial charge in [0.15, 0.2) is 0 Å². The Balaban J connectivity index is 2.39. The van der Waals surface area contributed by atoms with E-state index in [0.29, 0.717) is 5.75 Å². The number of benzene rings is 1. The largest absolute Gasteiger partial charge is 0.412 e. The Morgan fingerprint density at radius 3 is 2.56 bits per heavy atom. The van der Waals surface area contributed by atoms with Crippen LogP contribution in [0.15, 0.2) is 30.3 Å². The highest BCUT2D eigenvalue weighted by Crippen LogP contribution is 2.08. The smallest absolute Gasteiger partial charge is 0.410 e. The normalized spacial score (nSPS) is 11.6. The Hall–Kier alpha value is -2.04. The molecule has 0 bridgehead atoms. The minimum atomic E-state index is -0.597. The van der Waals surface area contributed by atoms with E-state index in [-0.39, 0.29) is 12.5 Å². The van der Waals surface area contributed by atoms with Gasteiger partial charge in [-0.05, 0) is 19.1 Å². The molecule has 0 radical (unpaired) electrons. The van der Waals surface area contributed by atoms with Crippen LogP contribution in [0.25, 0.3) is 0 Å². The molecule has 0 aromatic heterocycles. The van der Waals surface area contributed by atoms with Crippen molar-refractivity contribution in [2.45, 2.75) is 19.4 Å². The van der Waals surface area contributed by atoms with E-state index < -0.39 is 12.0 Å². The Bertz CT molecular complexity index is 365. The van der Waals surface area contributed by atoms with Crippen LogP contribution in [0.1, 0.15) is 13.3 Å². The van der Waals surface area contributed by atoms with E-state index in [0.717, 1.165) is 0 Å². The van der Waals surface area contributed by atoms with Gasteiger partial charge in [-0.3, -0.25) is 4.79 Å². The van der Waals surface area contributed by atoms with E-state index in [1.807, 2.05) is 6.07 Å². The van der Waals surface area contributed by atoms with Crippen molar-refractivity contribution in [3.05, 3.63) is 30.3 Å². The highest BCUT2D eigenvalue weighted by atomic mass is 16.6. The fourth-order valence-corrected chi connectivity index (χ4v) is 1.18. The van der Waals surface area contributed by atoms with Gasteiger partial charge < -0.3 is 15.8 Å². The van der Waals surface area contributed by atoms with E-state index in [4.69, 9.17) is 10.5 Å². The van der Waals surface area contributed by atoms with Gasteiger partial charge in [-0.15, -0.1) is 0 Å². The van der Waals surface area contributed by atoms with Crippen LogP contribution in [0.2, 0.25) is 0 Å². The van der Waals surface area contributed by atoms with Crippen LogP contribution >= 0.6 is 0 Å². The summed E-state index contributed by atoms with van der Waals surface area (Å²) in [6.45, 7) is 1.68. The molecule has 1 rings (SSSR count). The number of hydrogen-bond donors (Lipinski definition) is 2. The third kappa shape index (κ3) is 4.45. The summed E-state index contributed by atoms with van der Waals surface area (Å²) in [4.78, 5) is 21.9. The molecule has 0 aliphatic carbocycles. The third-order valence-electron chi connectivity index (χ3n) is 1.83. The lowest BCUT2D eigenvalue weighted by molar-refractivity contribution is -0.118. The molecule has 16 heavy (non-hydrogen) atoms. The summed E-state index contributed by atoms with van der Waals surface area (Å²) in [6.07, 6.45) is -0.510. The minimum Gasteiger partial charge on any atom is -0.410 e. The van der Waals surface area contributed by atoms with Crippen molar-refractivity contribution >= 4 is 12.0 Å². The topological polar surface area (TPSA) is 81.4 Å². The summed E-state index contributed by atoms with van der Waals surface area (Å²) >= 11 is 0. The third-order valence-corrected chi connectivity index (χ3v) is 1.83. The average molecular weight is 222 g/mol. The molecular weight excluding hydrogens is 208 g/mol. The van der Waals surface area contributed by atoms with Crippen LogP contribution < -0.4 is 15.8 Å². The highest BCUT2D eigenvalue weighted by Gasteiger charge is 2.10. The predicted octanol–water partition coefficient (Wildman–Crippen LogP) is 1.04. The van der Waals surface area contributed by atoms with Gasteiger partial charge in [0.2, 0.25) is 5.91 Å². The number of hydrogen-bond acceptors (Lipinski definition) is 3. The van der Waals surface area contributed by atoms with Gasteiger partial charge >= 0.3 is 6.09 Å². The van der Waals surface area contributed by atoms with Gasteiger partial charge in [0, 0.05) is 12.5 Å². The Kier molecular flexibility index (Phi) is 4.32. The molecule has 1 aromatic rings. The molecule has 0 heterocycles. The number of primary amides is 1. The van der Waals surface area contributed by atoms with Crippen molar-refractivity contribution in [3.8, 4) is 5.75 Å². The maximum absolute atomic E-state index is 11.3. The first-order valence-corrected chi connectivity index (χ1v) is 4.89. The minimum absolute atomic E-state index is 0.0872. The quantitative estimate of drug-likeness (QED) is 0.798. The van der Waals surface area contributed by atoms with Crippen LogP contribution in [0.4, 0.5) is 4.79 Å². The maximum Gasteiger partial charge on any atom is 0.412 e. The van der Waals surface area contributed by atoms with Crippen LogP contribution in [-0.4, -0.2) is 18.0 Å². The van der Waals surface area contributed by atoms with Crippen LogP contribution in [0.3, 0.4) is 0 Å². The molecule has 0 fully saturated rings. The van der Waals surface area contributed by atoms with Gasteiger partial charge in [0.05, 0.1) is 0 Å². The second kappa shape index (κ2) is 5.75. The number of nitrogens with one attached hydrogen (secondary N) is 1. The monoisotopic (exact) mass is 222 g/mol. The van der Waals surface area contributed by atoms with E-state index >= 15 is 0 Å². The molecule has 0 aliphatic heterocycles. The van der Waals surface area contributed by atoms with Crippen molar-refractivity contribution in [3.63, 3.8) is 0 Å². The zero-order valence-electron chi connectivity index (χ0n) is 8.97. The van der Waals surface area contributed by atoms with Crippen molar-refractivity contribution in [2.24, 2.45) is 5.73 Å². The molecule has 1 unspecified atom stereocenters. The summed E-state index contributed by atoms with van der Waals surface area (Å²) in [6, 6.07) is 8.33. The van der Waals surface area contributed by atoms with Crippen molar-refractivity contribution in [2.75, 3.05) is 0 Å². The molecule has 0 saturated heterocycles. The molecule has 0 aliphatic rings. The first-order valence-electron chi connectivity index (χ1n) is 4.89. The lowest BCUT2D eigenvalue weighted by atomic mass is 10.2. The number of amides is 2. The fourth-order valence-electron chi connectivity index (χ4n) is 1.18. The zero-order chi connectivity index (χ0) is 12.0. The number of carbonyl (C=O) groups is 2. The van der Waals surface area contributed by atoms with E-state index in [2.05, 4.69) is 5.32 Å². The van der Waals surface area contributed by atoms with Gasteiger partial charge in [-0.1, -0.05) is 18.2 Å². The number of ether oxygens (including phenoxy) is 1. The first kappa shape index (κ1) is 12.0. The molecular formula is C11H14N2O3. The van der Waals surface area contributed by atoms with Gasteiger partial charge in [-0.2, -0.15) is 0 Å². The SMILES string of the molecule is CC(CC(N)=O)NC(=O)Oc1ccccc1. The molecule has 2 amide bonds. The van der Waals surface area contributed by atoms with E-state index in [1.165, 1.54) is 0 Å². The second-order valence-electron chi connectivity index (χ2n) is 3.42. The predicted molar refractivity (Wildman–Crippen MR) is 58.9 cm³/mol. The summed E-state index contributed by atoms with van der Waals surface area (Å²) in [7, 11) is 0. The first-order chi connectivity index (χ1) is 7.58. The van der Waals surface area contributed by atoms with Crippen molar-refractivity contribution in [1.29, 1.82) is 0 Å². The lowest BCUT2D eigenvalue weighted by Gasteiger charge is -2.11.